The maximum atomic E-state index is 12.8. The molecular weight excluding hydrogens is 889 g/mol. The van der Waals surface area contributed by atoms with E-state index in [1.165, 1.54) is 250 Å². The molecule has 0 saturated carbocycles. The predicted octanol–water partition coefficient (Wildman–Crippen LogP) is 21.8. The number of carbonyl (C=O) groups is 3. The van der Waals surface area contributed by atoms with E-state index >= 15 is 0 Å². The molecule has 0 aliphatic rings. The minimum absolute atomic E-state index is 0.0693. The Balaban J connectivity index is 4.04. The second kappa shape index (κ2) is 61.4. The van der Waals surface area contributed by atoms with Gasteiger partial charge in [-0.3, -0.25) is 14.4 Å². The lowest BCUT2D eigenvalue weighted by Crippen LogP contribution is -2.30. The zero-order valence-corrected chi connectivity index (χ0v) is 48.7. The lowest BCUT2D eigenvalue weighted by atomic mass is 10.0. The third kappa shape index (κ3) is 58.8. The van der Waals surface area contributed by atoms with E-state index in [1.54, 1.807) is 0 Å². The van der Waals surface area contributed by atoms with Crippen molar-refractivity contribution < 1.29 is 28.6 Å². The van der Waals surface area contributed by atoms with Crippen LogP contribution in [0, 0.1) is 0 Å². The molecule has 0 aliphatic carbocycles. The van der Waals surface area contributed by atoms with Crippen LogP contribution >= 0.6 is 0 Å². The quantitative estimate of drug-likeness (QED) is 0.0261. The van der Waals surface area contributed by atoms with Gasteiger partial charge in [-0.25, -0.2) is 0 Å². The highest BCUT2D eigenvalue weighted by molar-refractivity contribution is 5.71. The average Bonchev–Trinajstić information content (AvgIpc) is 3.38. The van der Waals surface area contributed by atoms with E-state index in [9.17, 15) is 14.4 Å². The number of ether oxygens (including phenoxy) is 3. The lowest BCUT2D eigenvalue weighted by molar-refractivity contribution is -0.167. The molecule has 0 aromatic carbocycles. The Hall–Kier alpha value is -2.11. The second-order valence-corrected chi connectivity index (χ2v) is 22.0. The molecule has 0 spiro atoms. The minimum atomic E-state index is -0.770. The summed E-state index contributed by atoms with van der Waals surface area (Å²) in [6, 6.07) is 0. The van der Waals surface area contributed by atoms with E-state index in [0.717, 1.165) is 70.6 Å². The van der Waals surface area contributed by atoms with Gasteiger partial charge in [-0.15, -0.1) is 0 Å². The van der Waals surface area contributed by atoms with Crippen molar-refractivity contribution >= 4 is 17.9 Å². The lowest BCUT2D eigenvalue weighted by Gasteiger charge is -2.18. The minimum Gasteiger partial charge on any atom is -0.462 e. The summed E-state index contributed by atoms with van der Waals surface area (Å²) >= 11 is 0. The van der Waals surface area contributed by atoms with Crippen LogP contribution in [-0.4, -0.2) is 37.2 Å². The first-order valence-corrected chi connectivity index (χ1v) is 32.3. The van der Waals surface area contributed by atoms with E-state index in [-0.39, 0.29) is 31.1 Å². The number of esters is 3. The van der Waals surface area contributed by atoms with Crippen molar-refractivity contribution in [2.24, 2.45) is 0 Å². The van der Waals surface area contributed by atoms with Crippen LogP contribution in [0.5, 0.6) is 0 Å². The highest BCUT2D eigenvalue weighted by Gasteiger charge is 2.19. The van der Waals surface area contributed by atoms with Gasteiger partial charge >= 0.3 is 17.9 Å². The number of rotatable bonds is 60. The Morgan fingerprint density at radius 2 is 0.500 bits per heavy atom. The maximum Gasteiger partial charge on any atom is 0.306 e. The third-order valence-electron chi connectivity index (χ3n) is 14.7. The Labute approximate surface area is 449 Å². The van der Waals surface area contributed by atoms with Crippen LogP contribution in [0.15, 0.2) is 24.3 Å². The number of hydrogen-bond acceptors (Lipinski definition) is 6. The highest BCUT2D eigenvalue weighted by atomic mass is 16.6. The number of hydrogen-bond donors (Lipinski definition) is 0. The van der Waals surface area contributed by atoms with Gasteiger partial charge in [0.1, 0.15) is 13.2 Å². The van der Waals surface area contributed by atoms with Crippen molar-refractivity contribution in [3.05, 3.63) is 24.3 Å². The van der Waals surface area contributed by atoms with Crippen LogP contribution in [-0.2, 0) is 28.6 Å². The van der Waals surface area contributed by atoms with Crippen LogP contribution in [0.2, 0.25) is 0 Å². The monoisotopic (exact) mass is 1010 g/mol. The molecule has 72 heavy (non-hydrogen) atoms. The van der Waals surface area contributed by atoms with Gasteiger partial charge < -0.3 is 14.2 Å². The van der Waals surface area contributed by atoms with Crippen molar-refractivity contribution in [3.63, 3.8) is 0 Å². The molecule has 0 N–H and O–H groups in total. The molecule has 0 fully saturated rings. The molecule has 0 aliphatic heterocycles. The van der Waals surface area contributed by atoms with Gasteiger partial charge in [-0.1, -0.05) is 315 Å². The van der Waals surface area contributed by atoms with Crippen LogP contribution in [0.4, 0.5) is 0 Å². The number of allylic oxidation sites excluding steroid dienone is 4. The number of carbonyl (C=O) groups excluding carboxylic acids is 3. The first-order chi connectivity index (χ1) is 35.5. The summed E-state index contributed by atoms with van der Waals surface area (Å²) in [7, 11) is 0. The zero-order chi connectivity index (χ0) is 52.2. The summed E-state index contributed by atoms with van der Waals surface area (Å²) in [5.74, 6) is -0.859. The first kappa shape index (κ1) is 69.9. The van der Waals surface area contributed by atoms with E-state index in [1.807, 2.05) is 0 Å². The Bertz CT molecular complexity index is 1160. The molecule has 424 valence electrons. The molecule has 6 nitrogen and oxygen atoms in total. The van der Waals surface area contributed by atoms with Gasteiger partial charge in [-0.2, -0.15) is 0 Å². The first-order valence-electron chi connectivity index (χ1n) is 32.3. The summed E-state index contributed by atoms with van der Waals surface area (Å²) < 4.78 is 16.9. The molecule has 0 radical (unpaired) electrons. The van der Waals surface area contributed by atoms with Crippen LogP contribution in [0.25, 0.3) is 0 Å². The summed E-state index contributed by atoms with van der Waals surface area (Å²) in [5.41, 5.74) is 0. The van der Waals surface area contributed by atoms with Crippen molar-refractivity contribution in [2.75, 3.05) is 13.2 Å². The molecule has 1 unspecified atom stereocenters. The molecule has 0 saturated heterocycles. The molecule has 1 atom stereocenters. The largest absolute Gasteiger partial charge is 0.462 e. The Morgan fingerprint density at radius 3 is 0.792 bits per heavy atom. The van der Waals surface area contributed by atoms with Crippen LogP contribution in [0.3, 0.4) is 0 Å². The predicted molar refractivity (Wildman–Crippen MR) is 312 cm³/mol. The molecule has 0 bridgehead atoms. The standard InChI is InChI=1S/C66H124O6/c1-4-7-10-13-16-19-21-23-25-27-28-29-30-31-32-33-34-35-36-37-38-40-41-43-45-47-50-53-56-59-65(68)71-62-63(61-70-64(67)58-55-52-49-18-15-12-9-6-3)72-66(69)60-57-54-51-48-46-44-42-39-26-24-22-20-17-14-11-8-5-2/h17,20,24,26,63H,4-16,18-19,21-23,25,27-62H2,1-3H3/b20-17-,26-24-. The molecular formula is C66H124O6. The van der Waals surface area contributed by atoms with E-state index in [0.29, 0.717) is 19.3 Å². The van der Waals surface area contributed by atoms with Gasteiger partial charge in [0, 0.05) is 19.3 Å². The SMILES string of the molecule is CCCCC/C=C\C/C=C\CCCCCCCCCC(=O)OC(COC(=O)CCCCCCCCCC)COC(=O)CCCCCCCCCCCCCCCCCCCCCCCCCCCCCCC. The van der Waals surface area contributed by atoms with Crippen molar-refractivity contribution in [1.82, 2.24) is 0 Å². The van der Waals surface area contributed by atoms with Gasteiger partial charge in [0.05, 0.1) is 0 Å². The Kier molecular flexibility index (Phi) is 59.6. The molecule has 6 heteroatoms. The van der Waals surface area contributed by atoms with Crippen molar-refractivity contribution in [3.8, 4) is 0 Å². The molecule has 0 heterocycles. The molecule has 0 rings (SSSR count). The smallest absolute Gasteiger partial charge is 0.306 e. The topological polar surface area (TPSA) is 78.9 Å². The highest BCUT2D eigenvalue weighted by Crippen LogP contribution is 2.18. The fourth-order valence-corrected chi connectivity index (χ4v) is 9.83. The maximum absolute atomic E-state index is 12.8. The molecule has 0 amide bonds. The average molecular weight is 1010 g/mol. The summed E-state index contributed by atoms with van der Waals surface area (Å²) in [4.78, 5) is 38.1. The van der Waals surface area contributed by atoms with E-state index in [4.69, 9.17) is 14.2 Å². The normalized spacial score (nSPS) is 12.1. The molecule has 0 aromatic rings. The zero-order valence-electron chi connectivity index (χ0n) is 48.7. The van der Waals surface area contributed by atoms with Crippen LogP contribution < -0.4 is 0 Å². The fourth-order valence-electron chi connectivity index (χ4n) is 9.83. The van der Waals surface area contributed by atoms with Gasteiger partial charge in [0.25, 0.3) is 0 Å². The van der Waals surface area contributed by atoms with Crippen LogP contribution in [0.1, 0.15) is 361 Å². The van der Waals surface area contributed by atoms with Crippen molar-refractivity contribution in [2.45, 2.75) is 367 Å². The summed E-state index contributed by atoms with van der Waals surface area (Å²) in [6.07, 6.45) is 73.6. The summed E-state index contributed by atoms with van der Waals surface area (Å²) in [5, 5.41) is 0. The van der Waals surface area contributed by atoms with Gasteiger partial charge in [-0.05, 0) is 51.4 Å². The van der Waals surface area contributed by atoms with Crippen molar-refractivity contribution in [1.29, 1.82) is 0 Å². The van der Waals surface area contributed by atoms with Gasteiger partial charge in [0.15, 0.2) is 6.10 Å². The third-order valence-corrected chi connectivity index (χ3v) is 14.7. The fraction of sp³-hybridized carbons (Fsp3) is 0.894. The Morgan fingerprint density at radius 1 is 0.278 bits per heavy atom. The van der Waals surface area contributed by atoms with E-state index < -0.39 is 6.10 Å². The van der Waals surface area contributed by atoms with Gasteiger partial charge in [0.2, 0.25) is 0 Å². The van der Waals surface area contributed by atoms with E-state index in [2.05, 4.69) is 45.1 Å². The number of unbranched alkanes of at least 4 members (excludes halogenated alkanes) is 45. The second-order valence-electron chi connectivity index (χ2n) is 22.0. The summed E-state index contributed by atoms with van der Waals surface area (Å²) in [6.45, 7) is 6.64. The molecule has 0 aromatic heterocycles.